The van der Waals surface area contributed by atoms with Crippen molar-refractivity contribution in [1.29, 1.82) is 0 Å². The van der Waals surface area contributed by atoms with Crippen molar-refractivity contribution in [1.82, 2.24) is 9.62 Å². The van der Waals surface area contributed by atoms with Crippen LogP contribution >= 0.6 is 0 Å². The Morgan fingerprint density at radius 2 is 1.90 bits per heavy atom. The number of hydrogen-bond acceptors (Lipinski definition) is 4. The molecule has 0 aliphatic carbocycles. The molecule has 1 rings (SSSR count). The first-order valence-electron chi connectivity index (χ1n) is 6.86. The second-order valence-electron chi connectivity index (χ2n) is 4.99. The number of rotatable bonds is 7. The molecule has 0 radical (unpaired) electrons. The fraction of sp³-hybridized carbons (Fsp3) is 0.500. The van der Waals surface area contributed by atoms with E-state index in [2.05, 4.69) is 10.0 Å². The lowest BCUT2D eigenvalue weighted by Crippen LogP contribution is -2.37. The van der Waals surface area contributed by atoms with Crippen LogP contribution in [0, 0.1) is 0 Å². The number of nitrogens with zero attached hydrogens (tertiary/aromatic N) is 1. The molecule has 0 spiro atoms. The molecule has 0 heterocycles. The van der Waals surface area contributed by atoms with Gasteiger partial charge in [0.2, 0.25) is 15.9 Å². The number of nitrogens with one attached hydrogen (secondary N) is 2. The third-order valence-electron chi connectivity index (χ3n) is 2.90. The van der Waals surface area contributed by atoms with Crippen molar-refractivity contribution >= 4 is 21.6 Å². The summed E-state index contributed by atoms with van der Waals surface area (Å²) in [4.78, 5) is 13.5. The SMILES string of the molecule is CCCNS(=O)(=O)c1ccccc1NC(C)C(=O)N(C)C. The van der Waals surface area contributed by atoms with E-state index in [0.29, 0.717) is 18.7 Å². The molecule has 1 aromatic rings. The van der Waals surface area contributed by atoms with Gasteiger partial charge in [-0.2, -0.15) is 0 Å². The number of hydrogen-bond donors (Lipinski definition) is 2. The molecular weight excluding hydrogens is 290 g/mol. The first-order valence-corrected chi connectivity index (χ1v) is 8.34. The maximum absolute atomic E-state index is 12.3. The first kappa shape index (κ1) is 17.5. The van der Waals surface area contributed by atoms with Crippen molar-refractivity contribution in [3.05, 3.63) is 24.3 Å². The molecule has 0 aromatic heterocycles. The second-order valence-corrected chi connectivity index (χ2v) is 6.73. The zero-order chi connectivity index (χ0) is 16.0. The van der Waals surface area contributed by atoms with Gasteiger partial charge in [0.1, 0.15) is 10.9 Å². The summed E-state index contributed by atoms with van der Waals surface area (Å²) < 4.78 is 27.0. The van der Waals surface area contributed by atoms with Gasteiger partial charge in [0.15, 0.2) is 0 Å². The Kier molecular flexibility index (Phi) is 6.17. The molecule has 0 aliphatic rings. The highest BCUT2D eigenvalue weighted by Crippen LogP contribution is 2.21. The van der Waals surface area contributed by atoms with Crippen LogP contribution < -0.4 is 10.0 Å². The van der Waals surface area contributed by atoms with Gasteiger partial charge in [-0.15, -0.1) is 0 Å². The fourth-order valence-corrected chi connectivity index (χ4v) is 3.12. The zero-order valence-corrected chi connectivity index (χ0v) is 13.7. The van der Waals surface area contributed by atoms with Crippen LogP contribution in [0.4, 0.5) is 5.69 Å². The van der Waals surface area contributed by atoms with Gasteiger partial charge in [-0.3, -0.25) is 4.79 Å². The van der Waals surface area contributed by atoms with Crippen LogP contribution in [0.1, 0.15) is 20.3 Å². The standard InChI is InChI=1S/C14H23N3O3S/c1-5-10-15-21(19,20)13-9-7-6-8-12(13)16-11(2)14(18)17(3)4/h6-9,11,15-16H,5,10H2,1-4H3. The Morgan fingerprint density at radius 3 is 2.48 bits per heavy atom. The highest BCUT2D eigenvalue weighted by Gasteiger charge is 2.21. The summed E-state index contributed by atoms with van der Waals surface area (Å²) in [5.41, 5.74) is 0.420. The summed E-state index contributed by atoms with van der Waals surface area (Å²) in [6.07, 6.45) is 0.713. The molecule has 1 amide bonds. The average molecular weight is 313 g/mol. The van der Waals surface area contributed by atoms with E-state index in [9.17, 15) is 13.2 Å². The molecule has 21 heavy (non-hydrogen) atoms. The number of para-hydroxylation sites is 1. The summed E-state index contributed by atoms with van der Waals surface area (Å²) in [6, 6.07) is 6.05. The van der Waals surface area contributed by atoms with Crippen molar-refractivity contribution in [3.63, 3.8) is 0 Å². The minimum Gasteiger partial charge on any atom is -0.373 e. The predicted molar refractivity (Wildman–Crippen MR) is 83.7 cm³/mol. The summed E-state index contributed by atoms with van der Waals surface area (Å²) in [6.45, 7) is 3.97. The third-order valence-corrected chi connectivity index (χ3v) is 4.42. The van der Waals surface area contributed by atoms with Gasteiger partial charge in [0, 0.05) is 20.6 Å². The quantitative estimate of drug-likeness (QED) is 0.794. The van der Waals surface area contributed by atoms with E-state index in [1.54, 1.807) is 39.2 Å². The number of sulfonamides is 1. The van der Waals surface area contributed by atoms with Crippen LogP contribution in [0.3, 0.4) is 0 Å². The van der Waals surface area contributed by atoms with Crippen LogP contribution in [-0.2, 0) is 14.8 Å². The molecule has 1 aromatic carbocycles. The van der Waals surface area contributed by atoms with Gasteiger partial charge in [-0.25, -0.2) is 13.1 Å². The summed E-state index contributed by atoms with van der Waals surface area (Å²) in [7, 11) is -0.265. The number of carbonyl (C=O) groups excluding carboxylic acids is 1. The lowest BCUT2D eigenvalue weighted by molar-refractivity contribution is -0.129. The van der Waals surface area contributed by atoms with Crippen LogP contribution in [0.15, 0.2) is 29.2 Å². The van der Waals surface area contributed by atoms with Gasteiger partial charge >= 0.3 is 0 Å². The van der Waals surface area contributed by atoms with E-state index in [-0.39, 0.29) is 10.8 Å². The number of likely N-dealkylation sites (N-methyl/N-ethyl adjacent to an activating group) is 1. The molecule has 1 atom stereocenters. The summed E-state index contributed by atoms with van der Waals surface area (Å²) in [5.74, 6) is -0.122. The lowest BCUT2D eigenvalue weighted by atomic mass is 10.2. The van der Waals surface area contributed by atoms with Crippen molar-refractivity contribution in [2.45, 2.75) is 31.2 Å². The first-order chi connectivity index (χ1) is 9.79. The van der Waals surface area contributed by atoms with E-state index < -0.39 is 16.1 Å². The molecule has 118 valence electrons. The minimum atomic E-state index is -3.58. The zero-order valence-electron chi connectivity index (χ0n) is 12.9. The number of amides is 1. The van der Waals surface area contributed by atoms with E-state index in [1.807, 2.05) is 6.92 Å². The molecule has 0 bridgehead atoms. The van der Waals surface area contributed by atoms with E-state index in [1.165, 1.54) is 11.0 Å². The maximum Gasteiger partial charge on any atom is 0.244 e. The van der Waals surface area contributed by atoms with Crippen LogP contribution in [0.5, 0.6) is 0 Å². The Bertz CT molecular complexity index is 585. The molecule has 0 fully saturated rings. The topological polar surface area (TPSA) is 78.5 Å². The maximum atomic E-state index is 12.3. The Labute approximate surface area is 126 Å². The molecule has 0 aliphatic heterocycles. The number of benzene rings is 1. The van der Waals surface area contributed by atoms with Crippen LogP contribution in [0.2, 0.25) is 0 Å². The normalized spacial score (nSPS) is 12.8. The van der Waals surface area contributed by atoms with Crippen LogP contribution in [0.25, 0.3) is 0 Å². The minimum absolute atomic E-state index is 0.122. The lowest BCUT2D eigenvalue weighted by Gasteiger charge is -2.20. The molecular formula is C14H23N3O3S. The monoisotopic (exact) mass is 313 g/mol. The molecule has 2 N–H and O–H groups in total. The molecule has 1 unspecified atom stereocenters. The largest absolute Gasteiger partial charge is 0.373 e. The van der Waals surface area contributed by atoms with Crippen molar-refractivity contribution in [2.75, 3.05) is 26.0 Å². The number of carbonyl (C=O) groups is 1. The van der Waals surface area contributed by atoms with Gasteiger partial charge < -0.3 is 10.2 Å². The summed E-state index contributed by atoms with van der Waals surface area (Å²) in [5, 5.41) is 2.96. The van der Waals surface area contributed by atoms with Crippen molar-refractivity contribution in [2.24, 2.45) is 0 Å². The second kappa shape index (κ2) is 7.42. The number of anilines is 1. The van der Waals surface area contributed by atoms with E-state index >= 15 is 0 Å². The van der Waals surface area contributed by atoms with Gasteiger partial charge in [0.25, 0.3) is 0 Å². The van der Waals surface area contributed by atoms with Gasteiger partial charge in [0.05, 0.1) is 5.69 Å². The fourth-order valence-electron chi connectivity index (χ4n) is 1.82. The highest BCUT2D eigenvalue weighted by molar-refractivity contribution is 7.89. The van der Waals surface area contributed by atoms with Crippen molar-refractivity contribution in [3.8, 4) is 0 Å². The van der Waals surface area contributed by atoms with Crippen molar-refractivity contribution < 1.29 is 13.2 Å². The van der Waals surface area contributed by atoms with Gasteiger partial charge in [-0.05, 0) is 25.5 Å². The molecule has 0 saturated carbocycles. The predicted octanol–water partition coefficient (Wildman–Crippen LogP) is 1.26. The van der Waals surface area contributed by atoms with E-state index in [4.69, 9.17) is 0 Å². The highest BCUT2D eigenvalue weighted by atomic mass is 32.2. The Balaban J connectivity index is 3.02. The smallest absolute Gasteiger partial charge is 0.244 e. The molecule has 6 nitrogen and oxygen atoms in total. The Hall–Kier alpha value is -1.60. The van der Waals surface area contributed by atoms with E-state index in [0.717, 1.165) is 0 Å². The van der Waals surface area contributed by atoms with Crippen LogP contribution in [-0.4, -0.2) is 45.9 Å². The molecule has 0 saturated heterocycles. The molecule has 7 heteroatoms. The summed E-state index contributed by atoms with van der Waals surface area (Å²) >= 11 is 0. The average Bonchev–Trinajstić information content (AvgIpc) is 2.44. The Morgan fingerprint density at radius 1 is 1.29 bits per heavy atom. The van der Waals surface area contributed by atoms with Gasteiger partial charge in [-0.1, -0.05) is 19.1 Å². The third kappa shape index (κ3) is 4.71.